The molecule has 0 amide bonds. The first-order valence-electron chi connectivity index (χ1n) is 2.15. The Morgan fingerprint density at radius 1 is 1.75 bits per heavy atom. The SMILES string of the molecule is CSc1c[c]ncn1. The van der Waals surface area contributed by atoms with Gasteiger partial charge >= 0.3 is 0 Å². The van der Waals surface area contributed by atoms with E-state index in [1.807, 2.05) is 6.26 Å². The topological polar surface area (TPSA) is 25.8 Å². The fourth-order valence-electron chi connectivity index (χ4n) is 0.360. The Morgan fingerprint density at radius 2 is 2.62 bits per heavy atom. The van der Waals surface area contributed by atoms with Gasteiger partial charge in [0.25, 0.3) is 0 Å². The van der Waals surface area contributed by atoms with Crippen molar-refractivity contribution in [3.8, 4) is 0 Å². The smallest absolute Gasteiger partial charge is 0.117 e. The molecule has 1 rings (SSSR count). The van der Waals surface area contributed by atoms with Crippen LogP contribution in [0.4, 0.5) is 0 Å². The normalized spacial score (nSPS) is 9.12. The monoisotopic (exact) mass is 125 g/mol. The Bertz CT molecular complexity index is 152. The molecule has 0 aromatic carbocycles. The van der Waals surface area contributed by atoms with Crippen LogP contribution in [0.3, 0.4) is 0 Å². The molecule has 0 spiro atoms. The highest BCUT2D eigenvalue weighted by atomic mass is 32.2. The van der Waals surface area contributed by atoms with Crippen LogP contribution < -0.4 is 0 Å². The van der Waals surface area contributed by atoms with Crippen molar-refractivity contribution >= 4 is 11.8 Å². The zero-order valence-electron chi connectivity index (χ0n) is 4.46. The van der Waals surface area contributed by atoms with Crippen LogP contribution in [-0.2, 0) is 0 Å². The van der Waals surface area contributed by atoms with E-state index in [-0.39, 0.29) is 0 Å². The molecular formula is C5H5N2S. The Hall–Kier alpha value is -0.570. The first-order chi connectivity index (χ1) is 3.93. The minimum Gasteiger partial charge on any atom is -0.235 e. The third-order valence-corrected chi connectivity index (χ3v) is 1.36. The number of nitrogens with zero attached hydrogens (tertiary/aromatic N) is 2. The fraction of sp³-hybridized carbons (Fsp3) is 0.200. The maximum atomic E-state index is 3.92. The molecule has 0 N–H and O–H groups in total. The first-order valence-corrected chi connectivity index (χ1v) is 3.38. The van der Waals surface area contributed by atoms with Gasteiger partial charge in [-0.25, -0.2) is 9.97 Å². The molecule has 2 nitrogen and oxygen atoms in total. The Kier molecular flexibility index (Phi) is 1.86. The molecule has 8 heavy (non-hydrogen) atoms. The number of hydrogen-bond acceptors (Lipinski definition) is 3. The van der Waals surface area contributed by atoms with Crippen molar-refractivity contribution in [3.05, 3.63) is 18.6 Å². The Balaban J connectivity index is 2.83. The summed E-state index contributed by atoms with van der Waals surface area (Å²) in [5, 5.41) is 0.958. The summed E-state index contributed by atoms with van der Waals surface area (Å²) in [7, 11) is 0. The number of aromatic nitrogens is 2. The highest BCUT2D eigenvalue weighted by Gasteiger charge is 1.83. The third kappa shape index (κ3) is 1.20. The molecule has 0 unspecified atom stereocenters. The summed E-state index contributed by atoms with van der Waals surface area (Å²) in [6, 6.07) is 1.75. The van der Waals surface area contributed by atoms with E-state index in [2.05, 4.69) is 16.2 Å². The summed E-state index contributed by atoms with van der Waals surface area (Å²) in [6.07, 6.45) is 6.14. The van der Waals surface area contributed by atoms with Crippen molar-refractivity contribution in [2.75, 3.05) is 6.26 Å². The molecule has 0 fully saturated rings. The van der Waals surface area contributed by atoms with Crippen LogP contribution in [0.5, 0.6) is 0 Å². The van der Waals surface area contributed by atoms with Crippen LogP contribution in [0, 0.1) is 6.20 Å². The van der Waals surface area contributed by atoms with Gasteiger partial charge in [0.05, 0.1) is 11.2 Å². The van der Waals surface area contributed by atoms with Crippen LogP contribution in [0.15, 0.2) is 17.4 Å². The number of rotatable bonds is 1. The van der Waals surface area contributed by atoms with E-state index in [1.54, 1.807) is 17.8 Å². The lowest BCUT2D eigenvalue weighted by atomic mass is 10.7. The van der Waals surface area contributed by atoms with Gasteiger partial charge in [-0.1, -0.05) is 0 Å². The van der Waals surface area contributed by atoms with Crippen LogP contribution in [0.25, 0.3) is 0 Å². The van der Waals surface area contributed by atoms with Crippen molar-refractivity contribution in [2.45, 2.75) is 5.03 Å². The second-order valence-corrected chi connectivity index (χ2v) is 2.02. The highest BCUT2D eigenvalue weighted by Crippen LogP contribution is 2.06. The molecule has 0 saturated carbocycles. The average molecular weight is 125 g/mol. The molecule has 1 aromatic rings. The van der Waals surface area contributed by atoms with Crippen molar-refractivity contribution in [3.63, 3.8) is 0 Å². The minimum atomic E-state index is 0.958. The van der Waals surface area contributed by atoms with E-state index in [4.69, 9.17) is 0 Å². The first kappa shape index (κ1) is 5.56. The maximum Gasteiger partial charge on any atom is 0.117 e. The van der Waals surface area contributed by atoms with E-state index in [0.29, 0.717) is 0 Å². The maximum absolute atomic E-state index is 3.92. The van der Waals surface area contributed by atoms with E-state index in [1.165, 1.54) is 6.33 Å². The lowest BCUT2D eigenvalue weighted by molar-refractivity contribution is 1.04. The van der Waals surface area contributed by atoms with Crippen LogP contribution in [-0.4, -0.2) is 16.2 Å². The van der Waals surface area contributed by atoms with Gasteiger partial charge in [-0.05, 0) is 12.3 Å². The quantitative estimate of drug-likeness (QED) is 0.413. The van der Waals surface area contributed by atoms with E-state index < -0.39 is 0 Å². The average Bonchev–Trinajstić information content (AvgIpc) is 1.90. The Morgan fingerprint density at radius 3 is 3.00 bits per heavy atom. The van der Waals surface area contributed by atoms with Crippen LogP contribution in [0.1, 0.15) is 0 Å². The summed E-state index contributed by atoms with van der Waals surface area (Å²) < 4.78 is 0. The van der Waals surface area contributed by atoms with Crippen LogP contribution in [0.2, 0.25) is 0 Å². The zero-order chi connectivity index (χ0) is 5.82. The van der Waals surface area contributed by atoms with Gasteiger partial charge in [-0.3, -0.25) is 0 Å². The van der Waals surface area contributed by atoms with Crippen molar-refractivity contribution in [1.82, 2.24) is 9.97 Å². The summed E-state index contributed by atoms with van der Waals surface area (Å²) in [5.41, 5.74) is 0. The molecular weight excluding hydrogens is 120 g/mol. The van der Waals surface area contributed by atoms with E-state index in [9.17, 15) is 0 Å². The molecule has 0 atom stereocenters. The van der Waals surface area contributed by atoms with Crippen molar-refractivity contribution < 1.29 is 0 Å². The minimum absolute atomic E-state index is 0.958. The molecule has 1 radical (unpaired) electrons. The molecule has 0 saturated heterocycles. The molecule has 41 valence electrons. The number of hydrogen-bond donors (Lipinski definition) is 0. The second kappa shape index (κ2) is 2.67. The summed E-state index contributed by atoms with van der Waals surface area (Å²) in [5.74, 6) is 0. The zero-order valence-corrected chi connectivity index (χ0v) is 5.27. The lowest BCUT2D eigenvalue weighted by Crippen LogP contribution is -1.77. The molecule has 1 aromatic heterocycles. The largest absolute Gasteiger partial charge is 0.235 e. The van der Waals surface area contributed by atoms with Gasteiger partial charge in [-0.2, -0.15) is 0 Å². The van der Waals surface area contributed by atoms with Gasteiger partial charge in [0.2, 0.25) is 0 Å². The van der Waals surface area contributed by atoms with Gasteiger partial charge in [-0.15, -0.1) is 11.8 Å². The van der Waals surface area contributed by atoms with Gasteiger partial charge in [0, 0.05) is 0 Å². The fourth-order valence-corrected chi connectivity index (χ4v) is 0.684. The standard InChI is InChI=1S/C5H5N2S/c1-8-5-2-3-6-4-7-5/h2,4H,1H3. The molecule has 0 bridgehead atoms. The van der Waals surface area contributed by atoms with E-state index in [0.717, 1.165) is 5.03 Å². The van der Waals surface area contributed by atoms with Gasteiger partial charge in [0.15, 0.2) is 0 Å². The van der Waals surface area contributed by atoms with Crippen LogP contribution >= 0.6 is 11.8 Å². The number of thioether (sulfide) groups is 1. The lowest BCUT2D eigenvalue weighted by Gasteiger charge is -1.87. The molecule has 0 aliphatic heterocycles. The predicted octanol–water partition coefficient (Wildman–Crippen LogP) is 0.999. The highest BCUT2D eigenvalue weighted by molar-refractivity contribution is 7.98. The summed E-state index contributed by atoms with van der Waals surface area (Å²) in [4.78, 5) is 7.56. The Labute approximate surface area is 52.4 Å². The van der Waals surface area contributed by atoms with Gasteiger partial charge in [0.1, 0.15) is 6.33 Å². The second-order valence-electron chi connectivity index (χ2n) is 1.19. The third-order valence-electron chi connectivity index (χ3n) is 0.714. The molecule has 1 heterocycles. The summed E-state index contributed by atoms with van der Waals surface area (Å²) >= 11 is 1.59. The van der Waals surface area contributed by atoms with Crippen molar-refractivity contribution in [2.24, 2.45) is 0 Å². The van der Waals surface area contributed by atoms with Crippen molar-refractivity contribution in [1.29, 1.82) is 0 Å². The molecule has 3 heteroatoms. The van der Waals surface area contributed by atoms with Gasteiger partial charge < -0.3 is 0 Å². The predicted molar refractivity (Wildman–Crippen MR) is 32.6 cm³/mol. The molecule has 0 aliphatic carbocycles. The molecule has 0 aliphatic rings. The summed E-state index contributed by atoms with van der Waals surface area (Å²) in [6.45, 7) is 0. The van der Waals surface area contributed by atoms with E-state index >= 15 is 0 Å².